The molecule has 0 spiro atoms. The molecular weight excluding hydrogens is 759 g/mol. The minimum atomic E-state index is 0. The molecule has 47 heavy (non-hydrogen) atoms. The van der Waals surface area contributed by atoms with E-state index in [2.05, 4.69) is 28.2 Å². The van der Waals surface area contributed by atoms with Crippen LogP contribution in [0.4, 0.5) is 0 Å². The molecule has 3 heterocycles. The van der Waals surface area contributed by atoms with Crippen molar-refractivity contribution in [3.8, 4) is 56.5 Å². The number of ether oxygens (including phenoxy) is 2. The first kappa shape index (κ1) is 33.7. The molecule has 0 N–H and O–H groups in total. The summed E-state index contributed by atoms with van der Waals surface area (Å²) < 4.78 is 12.1. The molecule has 0 atom stereocenters. The standard InChI is InChI=1S/C41H36N3O2.Ir/c1(3-10-29-45-36-25-23-33(24-26-36)39-21-13-20-38(44-39)32-15-6-5-7-16-32)2-4-11-30-46-40-22-14-28-43-41(40)35-18-12-17-34(31-35)37-19-8-9-27-42-37;/h5-9,12-15,17-23,25-28H,1-4,10-11,29-30H2;/q-3;+3. The van der Waals surface area contributed by atoms with Crippen molar-refractivity contribution in [2.24, 2.45) is 0 Å². The number of unbranched alkanes of at least 4 members (excludes halogenated alkanes) is 5. The predicted octanol–water partition coefficient (Wildman–Crippen LogP) is 9.74. The second kappa shape index (κ2) is 17.9. The second-order valence-electron chi connectivity index (χ2n) is 11.0. The minimum Gasteiger partial charge on any atom is -0.537 e. The van der Waals surface area contributed by atoms with E-state index in [1.807, 2.05) is 109 Å². The summed E-state index contributed by atoms with van der Waals surface area (Å²) in [6.07, 6.45) is 10.3. The number of pyridine rings is 3. The van der Waals surface area contributed by atoms with E-state index in [9.17, 15) is 0 Å². The fourth-order valence-electron chi connectivity index (χ4n) is 5.22. The molecule has 3 aromatic carbocycles. The van der Waals surface area contributed by atoms with Crippen molar-refractivity contribution in [1.82, 2.24) is 15.0 Å². The molecule has 0 bridgehead atoms. The van der Waals surface area contributed by atoms with Gasteiger partial charge in [-0.25, -0.2) is 0 Å². The SMILES string of the molecule is [Ir+3].[c-]1ccccc1-c1cccc(-c2[c-]cc(OCCCCCCCCOc3cccnc3-c3[c-]c(-c4ccccn4)ccc3)cc2)n1. The van der Waals surface area contributed by atoms with Crippen LogP contribution in [0.15, 0.2) is 122 Å². The van der Waals surface area contributed by atoms with Crippen molar-refractivity contribution < 1.29 is 29.6 Å². The molecule has 0 unspecified atom stereocenters. The molecule has 5 nitrogen and oxygen atoms in total. The number of aromatic nitrogens is 3. The van der Waals surface area contributed by atoms with Gasteiger partial charge in [0.15, 0.2) is 0 Å². The third-order valence-electron chi connectivity index (χ3n) is 7.62. The van der Waals surface area contributed by atoms with E-state index >= 15 is 0 Å². The smallest absolute Gasteiger partial charge is 0.537 e. The fourth-order valence-corrected chi connectivity index (χ4v) is 5.22. The number of rotatable bonds is 15. The summed E-state index contributed by atoms with van der Waals surface area (Å²) in [5.74, 6) is 1.62. The van der Waals surface area contributed by atoms with E-state index in [0.29, 0.717) is 13.2 Å². The van der Waals surface area contributed by atoms with E-state index in [-0.39, 0.29) is 20.1 Å². The largest absolute Gasteiger partial charge is 3.00 e. The Morgan fingerprint density at radius 2 is 1.19 bits per heavy atom. The van der Waals surface area contributed by atoms with Gasteiger partial charge in [-0.05, 0) is 42.4 Å². The van der Waals surface area contributed by atoms with Gasteiger partial charge < -0.3 is 14.5 Å². The molecule has 0 fully saturated rings. The van der Waals surface area contributed by atoms with Gasteiger partial charge in [-0.2, -0.15) is 0 Å². The van der Waals surface area contributed by atoms with Gasteiger partial charge in [0.25, 0.3) is 0 Å². The van der Waals surface area contributed by atoms with Gasteiger partial charge in [0.1, 0.15) is 5.75 Å². The molecule has 6 aromatic rings. The zero-order valence-electron chi connectivity index (χ0n) is 26.2. The van der Waals surface area contributed by atoms with Crippen LogP contribution >= 0.6 is 0 Å². The van der Waals surface area contributed by atoms with Crippen LogP contribution in [0.25, 0.3) is 45.0 Å². The van der Waals surface area contributed by atoms with Gasteiger partial charge in [-0.15, -0.1) is 90.0 Å². The zero-order chi connectivity index (χ0) is 31.2. The van der Waals surface area contributed by atoms with Crippen molar-refractivity contribution in [3.05, 3.63) is 140 Å². The molecule has 236 valence electrons. The average Bonchev–Trinajstić information content (AvgIpc) is 3.14. The summed E-state index contributed by atoms with van der Waals surface area (Å²) in [5, 5.41) is 0. The molecule has 0 saturated heterocycles. The summed E-state index contributed by atoms with van der Waals surface area (Å²) in [4.78, 5) is 13.8. The maximum atomic E-state index is 6.17. The predicted molar refractivity (Wildman–Crippen MR) is 183 cm³/mol. The van der Waals surface area contributed by atoms with E-state index < -0.39 is 0 Å². The second-order valence-corrected chi connectivity index (χ2v) is 11.0. The van der Waals surface area contributed by atoms with Crippen LogP contribution in [0.1, 0.15) is 38.5 Å². The molecule has 0 aliphatic rings. The fraction of sp³-hybridized carbons (Fsp3) is 0.195. The van der Waals surface area contributed by atoms with Crippen LogP contribution in [-0.2, 0) is 20.1 Å². The van der Waals surface area contributed by atoms with Gasteiger partial charge in [0.05, 0.1) is 13.2 Å². The number of hydrogen-bond acceptors (Lipinski definition) is 5. The summed E-state index contributed by atoms with van der Waals surface area (Å²) in [6.45, 7) is 1.37. The zero-order valence-corrected chi connectivity index (χ0v) is 28.6. The van der Waals surface area contributed by atoms with Crippen molar-refractivity contribution in [2.45, 2.75) is 38.5 Å². The molecule has 6 rings (SSSR count). The Bertz CT molecular complexity index is 1800. The average molecular weight is 795 g/mol. The van der Waals surface area contributed by atoms with Crippen LogP contribution in [0, 0.1) is 18.2 Å². The maximum Gasteiger partial charge on any atom is 3.00 e. The normalized spacial score (nSPS) is 10.6. The number of nitrogens with zero attached hydrogens (tertiary/aromatic N) is 3. The summed E-state index contributed by atoms with van der Waals surface area (Å²) >= 11 is 0. The van der Waals surface area contributed by atoms with E-state index in [0.717, 1.165) is 82.2 Å². The molecule has 6 heteroatoms. The van der Waals surface area contributed by atoms with Crippen LogP contribution in [-0.4, -0.2) is 28.2 Å². The van der Waals surface area contributed by atoms with Gasteiger partial charge in [-0.1, -0.05) is 67.1 Å². The Balaban J connectivity index is 0.00000433. The number of benzene rings is 3. The molecule has 0 saturated carbocycles. The monoisotopic (exact) mass is 795 g/mol. The third kappa shape index (κ3) is 9.68. The van der Waals surface area contributed by atoms with Gasteiger partial charge in [-0.3, -0.25) is 9.97 Å². The van der Waals surface area contributed by atoms with E-state index in [4.69, 9.17) is 14.5 Å². The third-order valence-corrected chi connectivity index (χ3v) is 7.62. The molecule has 3 aromatic heterocycles. The first-order valence-electron chi connectivity index (χ1n) is 15.9. The van der Waals surface area contributed by atoms with Gasteiger partial charge in [0.2, 0.25) is 0 Å². The van der Waals surface area contributed by atoms with Crippen LogP contribution in [0.3, 0.4) is 0 Å². The van der Waals surface area contributed by atoms with E-state index in [1.165, 1.54) is 12.8 Å². The Hall–Kier alpha value is -4.64. The number of hydrogen-bond donors (Lipinski definition) is 0. The summed E-state index contributed by atoms with van der Waals surface area (Å²) in [6, 6.07) is 45.7. The van der Waals surface area contributed by atoms with Crippen molar-refractivity contribution in [3.63, 3.8) is 0 Å². The summed E-state index contributed by atoms with van der Waals surface area (Å²) in [7, 11) is 0. The van der Waals surface area contributed by atoms with Crippen molar-refractivity contribution in [2.75, 3.05) is 13.2 Å². The van der Waals surface area contributed by atoms with Crippen LogP contribution in [0.2, 0.25) is 0 Å². The molecule has 0 amide bonds. The van der Waals surface area contributed by atoms with Gasteiger partial charge >= 0.3 is 20.1 Å². The topological polar surface area (TPSA) is 57.1 Å². The Morgan fingerprint density at radius 1 is 0.511 bits per heavy atom. The maximum absolute atomic E-state index is 6.17. The van der Waals surface area contributed by atoms with Crippen LogP contribution < -0.4 is 9.47 Å². The van der Waals surface area contributed by atoms with Crippen molar-refractivity contribution >= 4 is 0 Å². The first-order chi connectivity index (χ1) is 22.8. The molecule has 0 aliphatic heterocycles. The summed E-state index contributed by atoms with van der Waals surface area (Å²) in [5.41, 5.74) is 7.25. The minimum absolute atomic E-state index is 0. The Morgan fingerprint density at radius 3 is 1.94 bits per heavy atom. The van der Waals surface area contributed by atoms with Crippen LogP contribution in [0.5, 0.6) is 11.5 Å². The molecule has 0 radical (unpaired) electrons. The molecule has 0 aliphatic carbocycles. The quantitative estimate of drug-likeness (QED) is 0.0766. The first-order valence-corrected chi connectivity index (χ1v) is 15.9. The Kier molecular flexibility index (Phi) is 12.8. The van der Waals surface area contributed by atoms with E-state index in [1.54, 1.807) is 12.4 Å². The molecular formula is C41H36IrN3O2. The van der Waals surface area contributed by atoms with Gasteiger partial charge in [0, 0.05) is 29.5 Å². The van der Waals surface area contributed by atoms with Crippen molar-refractivity contribution in [1.29, 1.82) is 0 Å². The Labute approximate surface area is 291 Å².